The highest BCUT2D eigenvalue weighted by atomic mass is 28.4. The van der Waals surface area contributed by atoms with E-state index in [4.69, 9.17) is 8.85 Å². The average molecular weight is 207 g/mol. The molecule has 6 heteroatoms. The Kier molecular flexibility index (Phi) is 5.15. The molecule has 0 aromatic rings. The lowest BCUT2D eigenvalue weighted by Gasteiger charge is -2.28. The van der Waals surface area contributed by atoms with Crippen LogP contribution in [-0.2, 0) is 13.6 Å². The second kappa shape index (κ2) is 5.33. The van der Waals surface area contributed by atoms with Crippen LogP contribution in [0.4, 0.5) is 0 Å². The molecular weight excluding hydrogens is 190 g/mol. The smallest absolute Gasteiger partial charge is 0.373 e. The zero-order chi connectivity index (χ0) is 10.5. The lowest BCUT2D eigenvalue weighted by atomic mass is 10.3. The summed E-state index contributed by atoms with van der Waals surface area (Å²) in [7, 11) is 0.716. The van der Waals surface area contributed by atoms with Crippen LogP contribution in [0.1, 0.15) is 19.8 Å². The monoisotopic (exact) mass is 207 g/mol. The molecule has 0 radical (unpaired) electrons. The highest BCUT2D eigenvalue weighted by molar-refractivity contribution is 6.58. The number of carbonyl (C=O) groups is 1. The molecule has 0 aromatic heterocycles. The lowest BCUT2D eigenvalue weighted by molar-refractivity contribution is -0.129. The SMILES string of the molecule is CCCC(=O)N(C)[Si](O)(OC)OC. The van der Waals surface area contributed by atoms with Gasteiger partial charge in [0.25, 0.3) is 0 Å². The van der Waals surface area contributed by atoms with Crippen molar-refractivity contribution in [3.8, 4) is 0 Å². The van der Waals surface area contributed by atoms with Crippen molar-refractivity contribution in [2.45, 2.75) is 19.8 Å². The Morgan fingerprint density at radius 2 is 1.92 bits per heavy atom. The summed E-state index contributed by atoms with van der Waals surface area (Å²) in [4.78, 5) is 21.0. The zero-order valence-electron chi connectivity index (χ0n) is 8.53. The van der Waals surface area contributed by atoms with Gasteiger partial charge in [0.05, 0.1) is 0 Å². The first-order chi connectivity index (χ1) is 6.01. The van der Waals surface area contributed by atoms with E-state index in [0.29, 0.717) is 6.42 Å². The van der Waals surface area contributed by atoms with Crippen LogP contribution in [0.15, 0.2) is 0 Å². The van der Waals surface area contributed by atoms with Gasteiger partial charge in [0.15, 0.2) is 0 Å². The molecule has 1 N–H and O–H groups in total. The maximum absolute atomic E-state index is 11.3. The van der Waals surface area contributed by atoms with E-state index in [1.165, 1.54) is 21.3 Å². The quantitative estimate of drug-likeness (QED) is 0.643. The van der Waals surface area contributed by atoms with Gasteiger partial charge in [-0.25, -0.2) is 0 Å². The maximum atomic E-state index is 11.3. The van der Waals surface area contributed by atoms with Crippen molar-refractivity contribution in [2.75, 3.05) is 21.3 Å². The van der Waals surface area contributed by atoms with Gasteiger partial charge >= 0.3 is 8.97 Å². The zero-order valence-corrected chi connectivity index (χ0v) is 9.53. The van der Waals surface area contributed by atoms with E-state index >= 15 is 0 Å². The minimum absolute atomic E-state index is 0.166. The van der Waals surface area contributed by atoms with Crippen molar-refractivity contribution in [1.82, 2.24) is 4.57 Å². The summed E-state index contributed by atoms with van der Waals surface area (Å²) in [5, 5.41) is 0. The molecule has 13 heavy (non-hydrogen) atoms. The number of nitrogens with zero attached hydrogens (tertiary/aromatic N) is 1. The van der Waals surface area contributed by atoms with Crippen LogP contribution in [0, 0.1) is 0 Å². The second-order valence-electron chi connectivity index (χ2n) is 2.66. The molecule has 78 valence electrons. The molecule has 0 aliphatic heterocycles. The van der Waals surface area contributed by atoms with E-state index in [2.05, 4.69) is 0 Å². The van der Waals surface area contributed by atoms with Gasteiger partial charge in [-0.05, 0) is 6.42 Å². The molecule has 1 amide bonds. The van der Waals surface area contributed by atoms with Crippen molar-refractivity contribution < 1.29 is 18.4 Å². The minimum atomic E-state index is -3.42. The predicted octanol–water partition coefficient (Wildman–Crippen LogP) is -0.0344. The first-order valence-electron chi connectivity index (χ1n) is 4.11. The summed E-state index contributed by atoms with van der Waals surface area (Å²) in [6.45, 7) is 1.89. The van der Waals surface area contributed by atoms with E-state index in [0.717, 1.165) is 11.0 Å². The maximum Gasteiger partial charge on any atom is 0.632 e. The molecule has 0 saturated heterocycles. The van der Waals surface area contributed by atoms with Crippen molar-refractivity contribution in [1.29, 1.82) is 0 Å². The Morgan fingerprint density at radius 1 is 1.46 bits per heavy atom. The van der Waals surface area contributed by atoms with Crippen LogP contribution in [-0.4, -0.2) is 45.5 Å². The van der Waals surface area contributed by atoms with E-state index in [-0.39, 0.29) is 5.91 Å². The van der Waals surface area contributed by atoms with E-state index in [1.807, 2.05) is 6.92 Å². The molecule has 0 atom stereocenters. The fourth-order valence-corrected chi connectivity index (χ4v) is 2.04. The molecule has 0 bridgehead atoms. The number of hydrogen-bond donors (Lipinski definition) is 1. The fraction of sp³-hybridized carbons (Fsp3) is 0.857. The van der Waals surface area contributed by atoms with Gasteiger partial charge in [0.1, 0.15) is 0 Å². The lowest BCUT2D eigenvalue weighted by Crippen LogP contribution is -2.58. The Labute approximate surface area is 79.7 Å². The Morgan fingerprint density at radius 3 is 2.23 bits per heavy atom. The third-order valence-electron chi connectivity index (χ3n) is 1.79. The summed E-state index contributed by atoms with van der Waals surface area (Å²) >= 11 is 0. The molecule has 0 fully saturated rings. The van der Waals surface area contributed by atoms with E-state index < -0.39 is 8.97 Å². The Hall–Kier alpha value is -0.433. The standard InChI is InChI=1S/C7H17NO4Si/c1-5-6-7(9)8(2)13(10,11-3)12-4/h10H,5-6H2,1-4H3. The van der Waals surface area contributed by atoms with Gasteiger partial charge in [0.2, 0.25) is 5.91 Å². The van der Waals surface area contributed by atoms with Gasteiger partial charge in [-0.2, -0.15) is 0 Å². The van der Waals surface area contributed by atoms with Crippen molar-refractivity contribution in [2.24, 2.45) is 0 Å². The first-order valence-corrected chi connectivity index (χ1v) is 5.82. The van der Waals surface area contributed by atoms with Gasteiger partial charge in [-0.1, -0.05) is 6.92 Å². The Bertz CT molecular complexity index is 172. The second-order valence-corrected chi connectivity index (χ2v) is 5.24. The van der Waals surface area contributed by atoms with Gasteiger partial charge in [-0.3, -0.25) is 4.79 Å². The van der Waals surface area contributed by atoms with Crippen molar-refractivity contribution in [3.63, 3.8) is 0 Å². The molecule has 0 rings (SSSR count). The summed E-state index contributed by atoms with van der Waals surface area (Å²) in [5.74, 6) is -0.166. The van der Waals surface area contributed by atoms with Gasteiger partial charge in [0, 0.05) is 27.7 Å². The number of carbonyl (C=O) groups excluding carboxylic acids is 1. The highest BCUT2D eigenvalue weighted by Crippen LogP contribution is 2.08. The molecule has 0 aliphatic rings. The molecule has 0 heterocycles. The highest BCUT2D eigenvalue weighted by Gasteiger charge is 2.44. The normalized spacial score (nSPS) is 11.5. The topological polar surface area (TPSA) is 59.0 Å². The summed E-state index contributed by atoms with van der Waals surface area (Å²) in [5.41, 5.74) is 0. The van der Waals surface area contributed by atoms with Gasteiger partial charge < -0.3 is 18.2 Å². The minimum Gasteiger partial charge on any atom is -0.373 e. The van der Waals surface area contributed by atoms with Crippen molar-refractivity contribution in [3.05, 3.63) is 0 Å². The third kappa shape index (κ3) is 3.07. The largest absolute Gasteiger partial charge is 0.632 e. The molecule has 0 spiro atoms. The third-order valence-corrected chi connectivity index (χ3v) is 3.95. The van der Waals surface area contributed by atoms with Gasteiger partial charge in [-0.15, -0.1) is 0 Å². The molecule has 0 aromatic carbocycles. The summed E-state index contributed by atoms with van der Waals surface area (Å²) in [6.07, 6.45) is 1.12. The molecule has 0 unspecified atom stereocenters. The average Bonchev–Trinajstić information content (AvgIpc) is 2.16. The summed E-state index contributed by atoms with van der Waals surface area (Å²) in [6, 6.07) is 0. The van der Waals surface area contributed by atoms with Crippen LogP contribution in [0.2, 0.25) is 0 Å². The van der Waals surface area contributed by atoms with E-state index in [9.17, 15) is 9.59 Å². The Balaban J connectivity index is 4.36. The van der Waals surface area contributed by atoms with Crippen LogP contribution in [0.3, 0.4) is 0 Å². The molecular formula is C7H17NO4Si. The molecule has 0 saturated carbocycles. The number of hydrogen-bond acceptors (Lipinski definition) is 4. The van der Waals surface area contributed by atoms with E-state index in [1.54, 1.807) is 0 Å². The van der Waals surface area contributed by atoms with Crippen LogP contribution >= 0.6 is 0 Å². The molecule has 0 aliphatic carbocycles. The van der Waals surface area contributed by atoms with Crippen LogP contribution < -0.4 is 0 Å². The predicted molar refractivity (Wildman–Crippen MR) is 49.7 cm³/mol. The number of rotatable bonds is 5. The van der Waals surface area contributed by atoms with Crippen LogP contribution in [0.25, 0.3) is 0 Å². The van der Waals surface area contributed by atoms with Crippen molar-refractivity contribution >= 4 is 14.9 Å². The number of amides is 1. The summed E-state index contributed by atoms with van der Waals surface area (Å²) < 4.78 is 10.8. The van der Waals surface area contributed by atoms with Crippen LogP contribution in [0.5, 0.6) is 0 Å². The fourth-order valence-electron chi connectivity index (χ4n) is 0.896. The first kappa shape index (κ1) is 12.6. The molecule has 5 nitrogen and oxygen atoms in total.